The van der Waals surface area contributed by atoms with E-state index >= 15 is 0 Å². The topological polar surface area (TPSA) is 82.8 Å². The number of rotatable bonds is 4. The Balaban J connectivity index is 1.74. The van der Waals surface area contributed by atoms with E-state index in [1.54, 1.807) is 30.7 Å². The molecule has 102 valence electrons. The highest BCUT2D eigenvalue weighted by Gasteiger charge is 2.14. The third-order valence-corrected chi connectivity index (χ3v) is 3.80. The molecule has 3 aromatic heterocycles. The second-order valence-corrected chi connectivity index (χ2v) is 5.26. The largest absolute Gasteiger partial charge is 0.461 e. The molecule has 3 aromatic rings. The number of hydrogen-bond donors (Lipinski definition) is 1. The highest BCUT2D eigenvalue weighted by molar-refractivity contribution is 7.98. The zero-order chi connectivity index (χ0) is 13.9. The van der Waals surface area contributed by atoms with Crippen molar-refractivity contribution in [2.45, 2.75) is 10.9 Å². The Morgan fingerprint density at radius 2 is 2.20 bits per heavy atom. The molecule has 0 radical (unpaired) electrons. The van der Waals surface area contributed by atoms with E-state index in [4.69, 9.17) is 21.9 Å². The van der Waals surface area contributed by atoms with Crippen molar-refractivity contribution in [1.82, 2.24) is 19.9 Å². The maximum atomic E-state index is 5.96. The molecule has 0 bridgehead atoms. The van der Waals surface area contributed by atoms with E-state index in [0.717, 1.165) is 5.56 Å². The Hall–Kier alpha value is -1.99. The quantitative estimate of drug-likeness (QED) is 0.453. The van der Waals surface area contributed by atoms with Gasteiger partial charge in [0.2, 0.25) is 11.0 Å². The van der Waals surface area contributed by atoms with Gasteiger partial charge < -0.3 is 10.3 Å². The smallest absolute Gasteiger partial charge is 0.218 e. The Labute approximate surface area is 123 Å². The minimum Gasteiger partial charge on any atom is -0.461 e. The minimum absolute atomic E-state index is 0.473. The van der Waals surface area contributed by atoms with Crippen LogP contribution in [0.5, 0.6) is 0 Å². The van der Waals surface area contributed by atoms with Crippen molar-refractivity contribution in [3.8, 4) is 11.6 Å². The molecule has 0 aliphatic carbocycles. The van der Waals surface area contributed by atoms with Crippen molar-refractivity contribution < 1.29 is 4.42 Å². The van der Waals surface area contributed by atoms with Gasteiger partial charge in [-0.05, 0) is 23.8 Å². The minimum atomic E-state index is 0.473. The molecule has 0 aliphatic rings. The maximum Gasteiger partial charge on any atom is 0.218 e. The number of nitrogens with two attached hydrogens (primary N) is 1. The molecule has 3 rings (SSSR count). The second kappa shape index (κ2) is 5.56. The first kappa shape index (κ1) is 13.0. The SMILES string of the molecule is Nn1c(SCc2ccc(Cl)nc2)nnc1-c1ccco1. The van der Waals surface area contributed by atoms with Gasteiger partial charge in [-0.15, -0.1) is 10.2 Å². The highest BCUT2D eigenvalue weighted by Crippen LogP contribution is 2.24. The van der Waals surface area contributed by atoms with Gasteiger partial charge in [-0.2, -0.15) is 0 Å². The van der Waals surface area contributed by atoms with Crippen LogP contribution in [0.3, 0.4) is 0 Å². The van der Waals surface area contributed by atoms with Crippen LogP contribution in [0.1, 0.15) is 5.56 Å². The van der Waals surface area contributed by atoms with Gasteiger partial charge in [0.05, 0.1) is 6.26 Å². The van der Waals surface area contributed by atoms with Gasteiger partial charge in [-0.1, -0.05) is 29.4 Å². The number of nitrogen functional groups attached to an aromatic ring is 1. The lowest BCUT2D eigenvalue weighted by molar-refractivity contribution is 0.574. The van der Waals surface area contributed by atoms with Crippen LogP contribution in [-0.4, -0.2) is 19.9 Å². The predicted octanol–water partition coefficient (Wildman–Crippen LogP) is 2.59. The molecule has 0 aromatic carbocycles. The monoisotopic (exact) mass is 307 g/mol. The summed E-state index contributed by atoms with van der Waals surface area (Å²) in [6.07, 6.45) is 3.29. The van der Waals surface area contributed by atoms with Crippen molar-refractivity contribution >= 4 is 23.4 Å². The molecule has 0 aliphatic heterocycles. The van der Waals surface area contributed by atoms with Gasteiger partial charge in [-0.25, -0.2) is 9.66 Å². The summed E-state index contributed by atoms with van der Waals surface area (Å²) in [5, 5.41) is 9.15. The third-order valence-electron chi connectivity index (χ3n) is 2.56. The molecule has 0 unspecified atom stereocenters. The van der Waals surface area contributed by atoms with Crippen LogP contribution in [0.4, 0.5) is 0 Å². The van der Waals surface area contributed by atoms with E-state index in [0.29, 0.717) is 27.6 Å². The number of nitrogens with zero attached hydrogens (tertiary/aromatic N) is 4. The summed E-state index contributed by atoms with van der Waals surface area (Å²) in [6.45, 7) is 0. The summed E-state index contributed by atoms with van der Waals surface area (Å²) in [5.74, 6) is 7.71. The molecular weight excluding hydrogens is 298 g/mol. The van der Waals surface area contributed by atoms with Crippen LogP contribution in [0.2, 0.25) is 5.15 Å². The van der Waals surface area contributed by atoms with E-state index in [9.17, 15) is 0 Å². The first-order valence-electron chi connectivity index (χ1n) is 5.71. The molecule has 0 amide bonds. The standard InChI is InChI=1S/C12H10ClN5OS/c13-10-4-3-8(6-15-10)7-20-12-17-16-11(18(12)14)9-2-1-5-19-9/h1-6H,7,14H2. The summed E-state index contributed by atoms with van der Waals surface area (Å²) in [4.78, 5) is 4.02. The van der Waals surface area contributed by atoms with Gasteiger partial charge >= 0.3 is 0 Å². The number of pyridine rings is 1. The Bertz CT molecular complexity index is 695. The summed E-state index contributed by atoms with van der Waals surface area (Å²) in [7, 11) is 0. The summed E-state index contributed by atoms with van der Waals surface area (Å²) >= 11 is 7.20. The molecule has 0 saturated heterocycles. The van der Waals surface area contributed by atoms with Crippen molar-refractivity contribution in [3.05, 3.63) is 47.4 Å². The first-order valence-corrected chi connectivity index (χ1v) is 7.08. The number of halogens is 1. The van der Waals surface area contributed by atoms with Gasteiger partial charge in [0.1, 0.15) is 5.15 Å². The maximum absolute atomic E-state index is 5.96. The molecule has 8 heteroatoms. The first-order chi connectivity index (χ1) is 9.74. The van der Waals surface area contributed by atoms with Crippen LogP contribution >= 0.6 is 23.4 Å². The van der Waals surface area contributed by atoms with Gasteiger partial charge in [0, 0.05) is 11.9 Å². The molecule has 6 nitrogen and oxygen atoms in total. The van der Waals surface area contributed by atoms with Gasteiger partial charge in [0.25, 0.3) is 0 Å². The van der Waals surface area contributed by atoms with E-state index in [-0.39, 0.29) is 0 Å². The Morgan fingerprint density at radius 1 is 1.30 bits per heavy atom. The van der Waals surface area contributed by atoms with Crippen molar-refractivity contribution in [3.63, 3.8) is 0 Å². The van der Waals surface area contributed by atoms with E-state index in [1.165, 1.54) is 16.4 Å². The predicted molar refractivity (Wildman–Crippen MR) is 76.7 cm³/mol. The van der Waals surface area contributed by atoms with Gasteiger partial charge in [-0.3, -0.25) is 0 Å². The van der Waals surface area contributed by atoms with Crippen LogP contribution in [0.25, 0.3) is 11.6 Å². The fourth-order valence-electron chi connectivity index (χ4n) is 1.59. The molecule has 0 fully saturated rings. The Morgan fingerprint density at radius 3 is 2.90 bits per heavy atom. The zero-order valence-electron chi connectivity index (χ0n) is 10.2. The zero-order valence-corrected chi connectivity index (χ0v) is 11.8. The molecule has 0 saturated carbocycles. The van der Waals surface area contributed by atoms with Crippen LogP contribution in [0, 0.1) is 0 Å². The van der Waals surface area contributed by atoms with Crippen LogP contribution in [0.15, 0.2) is 46.3 Å². The molecular formula is C12H10ClN5OS. The lowest BCUT2D eigenvalue weighted by Gasteiger charge is -2.02. The van der Waals surface area contributed by atoms with Crippen molar-refractivity contribution in [1.29, 1.82) is 0 Å². The average molecular weight is 308 g/mol. The summed E-state index contributed by atoms with van der Waals surface area (Å²) < 4.78 is 6.66. The molecule has 3 heterocycles. The summed E-state index contributed by atoms with van der Waals surface area (Å²) in [5.41, 5.74) is 1.03. The summed E-state index contributed by atoms with van der Waals surface area (Å²) in [6, 6.07) is 7.22. The second-order valence-electron chi connectivity index (χ2n) is 3.93. The number of furan rings is 1. The van der Waals surface area contributed by atoms with Crippen molar-refractivity contribution in [2.75, 3.05) is 5.84 Å². The molecule has 0 atom stereocenters. The van der Waals surface area contributed by atoms with Crippen LogP contribution < -0.4 is 5.84 Å². The van der Waals surface area contributed by atoms with E-state index < -0.39 is 0 Å². The molecule has 0 spiro atoms. The third kappa shape index (κ3) is 2.63. The highest BCUT2D eigenvalue weighted by atomic mass is 35.5. The van der Waals surface area contributed by atoms with Crippen molar-refractivity contribution in [2.24, 2.45) is 0 Å². The van der Waals surface area contributed by atoms with E-state index in [1.807, 2.05) is 6.07 Å². The lowest BCUT2D eigenvalue weighted by atomic mass is 10.3. The normalized spacial score (nSPS) is 10.8. The Kier molecular flexibility index (Phi) is 3.62. The lowest BCUT2D eigenvalue weighted by Crippen LogP contribution is -2.11. The fourth-order valence-corrected chi connectivity index (χ4v) is 2.49. The van der Waals surface area contributed by atoms with E-state index in [2.05, 4.69) is 15.2 Å². The number of thioether (sulfide) groups is 1. The average Bonchev–Trinajstić information content (AvgIpc) is 3.08. The van der Waals surface area contributed by atoms with Gasteiger partial charge in [0.15, 0.2) is 5.76 Å². The fraction of sp³-hybridized carbons (Fsp3) is 0.0833. The molecule has 20 heavy (non-hydrogen) atoms. The number of aromatic nitrogens is 4. The van der Waals surface area contributed by atoms with Crippen LogP contribution in [-0.2, 0) is 5.75 Å². The molecule has 2 N–H and O–H groups in total. The number of hydrogen-bond acceptors (Lipinski definition) is 6.